The molecule has 4 heteroatoms. The zero-order valence-corrected chi connectivity index (χ0v) is 11.8. The number of nitrogens with two attached hydrogens (primary N) is 1. The summed E-state index contributed by atoms with van der Waals surface area (Å²) in [6, 6.07) is 7.67. The second kappa shape index (κ2) is 5.83. The highest BCUT2D eigenvalue weighted by Crippen LogP contribution is 2.25. The maximum absolute atomic E-state index is 12.4. The summed E-state index contributed by atoms with van der Waals surface area (Å²) < 4.78 is 5.95. The molecule has 1 aromatic carbocycles. The van der Waals surface area contributed by atoms with Gasteiger partial charge in [0.2, 0.25) is 0 Å². The average molecular weight is 274 g/mol. The highest BCUT2D eigenvalue weighted by atomic mass is 16.5. The van der Waals surface area contributed by atoms with Gasteiger partial charge in [-0.15, -0.1) is 0 Å². The SMILES string of the molecule is N[C@@H]1CCN(C(=O)c2cccc(OC3CCCC3)c2)C1. The summed E-state index contributed by atoms with van der Waals surface area (Å²) in [5.41, 5.74) is 6.56. The van der Waals surface area contributed by atoms with Gasteiger partial charge < -0.3 is 15.4 Å². The van der Waals surface area contributed by atoms with Gasteiger partial charge in [0.05, 0.1) is 6.10 Å². The Morgan fingerprint density at radius 3 is 2.75 bits per heavy atom. The summed E-state index contributed by atoms with van der Waals surface area (Å²) in [6.45, 7) is 1.42. The molecule has 20 heavy (non-hydrogen) atoms. The molecule has 1 aliphatic carbocycles. The van der Waals surface area contributed by atoms with Crippen LogP contribution in [-0.2, 0) is 0 Å². The first-order valence-electron chi connectivity index (χ1n) is 7.54. The molecule has 0 radical (unpaired) electrons. The summed E-state index contributed by atoms with van der Waals surface area (Å²) in [4.78, 5) is 14.2. The molecular formula is C16H22N2O2. The zero-order chi connectivity index (χ0) is 13.9. The fraction of sp³-hybridized carbons (Fsp3) is 0.562. The van der Waals surface area contributed by atoms with E-state index in [0.717, 1.165) is 31.6 Å². The number of carbonyl (C=O) groups is 1. The average Bonchev–Trinajstić information content (AvgIpc) is 3.10. The van der Waals surface area contributed by atoms with Crippen LogP contribution in [-0.4, -0.2) is 36.0 Å². The Balaban J connectivity index is 1.68. The van der Waals surface area contributed by atoms with Crippen molar-refractivity contribution >= 4 is 5.91 Å². The molecule has 3 rings (SSSR count). The van der Waals surface area contributed by atoms with Gasteiger partial charge in [-0.05, 0) is 50.3 Å². The smallest absolute Gasteiger partial charge is 0.254 e. The Hall–Kier alpha value is -1.55. The molecule has 0 unspecified atom stereocenters. The van der Waals surface area contributed by atoms with Crippen LogP contribution in [0.2, 0.25) is 0 Å². The number of hydrogen-bond donors (Lipinski definition) is 1. The van der Waals surface area contributed by atoms with Crippen LogP contribution in [0.4, 0.5) is 0 Å². The molecular weight excluding hydrogens is 252 g/mol. The quantitative estimate of drug-likeness (QED) is 0.919. The van der Waals surface area contributed by atoms with Gasteiger partial charge in [-0.25, -0.2) is 0 Å². The molecule has 0 aromatic heterocycles. The molecule has 0 bridgehead atoms. The summed E-state index contributed by atoms with van der Waals surface area (Å²) in [7, 11) is 0. The van der Waals surface area contributed by atoms with Crippen molar-refractivity contribution in [2.24, 2.45) is 5.73 Å². The second-order valence-corrected chi connectivity index (χ2v) is 5.85. The van der Waals surface area contributed by atoms with Crippen LogP contribution in [0, 0.1) is 0 Å². The zero-order valence-electron chi connectivity index (χ0n) is 11.8. The van der Waals surface area contributed by atoms with E-state index < -0.39 is 0 Å². The van der Waals surface area contributed by atoms with Crippen molar-refractivity contribution in [1.29, 1.82) is 0 Å². The predicted molar refractivity (Wildman–Crippen MR) is 77.8 cm³/mol. The van der Waals surface area contributed by atoms with Gasteiger partial charge >= 0.3 is 0 Å². The molecule has 1 saturated carbocycles. The van der Waals surface area contributed by atoms with Crippen molar-refractivity contribution in [3.63, 3.8) is 0 Å². The van der Waals surface area contributed by atoms with E-state index in [-0.39, 0.29) is 11.9 Å². The molecule has 2 aliphatic rings. The van der Waals surface area contributed by atoms with Gasteiger partial charge in [-0.3, -0.25) is 4.79 Å². The van der Waals surface area contributed by atoms with Crippen LogP contribution in [0.5, 0.6) is 5.75 Å². The van der Waals surface area contributed by atoms with Gasteiger partial charge in [0.25, 0.3) is 5.91 Å². The molecule has 4 nitrogen and oxygen atoms in total. The Morgan fingerprint density at radius 1 is 1.25 bits per heavy atom. The third-order valence-electron chi connectivity index (χ3n) is 4.20. The van der Waals surface area contributed by atoms with Crippen LogP contribution in [0.3, 0.4) is 0 Å². The van der Waals surface area contributed by atoms with Gasteiger partial charge in [0.15, 0.2) is 0 Å². The normalized spacial score (nSPS) is 23.2. The van der Waals surface area contributed by atoms with Crippen LogP contribution in [0.25, 0.3) is 0 Å². The Labute approximate surface area is 119 Å². The number of amides is 1. The van der Waals surface area contributed by atoms with Crippen molar-refractivity contribution in [2.45, 2.75) is 44.2 Å². The molecule has 1 saturated heterocycles. The molecule has 1 amide bonds. The Bertz CT molecular complexity index is 483. The predicted octanol–water partition coefficient (Wildman–Crippen LogP) is 2.18. The number of hydrogen-bond acceptors (Lipinski definition) is 3. The first-order chi connectivity index (χ1) is 9.72. The topological polar surface area (TPSA) is 55.6 Å². The lowest BCUT2D eigenvalue weighted by atomic mass is 10.2. The third kappa shape index (κ3) is 2.96. The van der Waals surface area contributed by atoms with Crippen LogP contribution in [0.15, 0.2) is 24.3 Å². The van der Waals surface area contributed by atoms with E-state index in [2.05, 4.69) is 0 Å². The van der Waals surface area contributed by atoms with Crippen LogP contribution < -0.4 is 10.5 Å². The van der Waals surface area contributed by atoms with Crippen molar-refractivity contribution < 1.29 is 9.53 Å². The van der Waals surface area contributed by atoms with Gasteiger partial charge in [0.1, 0.15) is 5.75 Å². The van der Waals surface area contributed by atoms with Crippen molar-refractivity contribution in [2.75, 3.05) is 13.1 Å². The third-order valence-corrected chi connectivity index (χ3v) is 4.20. The molecule has 2 fully saturated rings. The monoisotopic (exact) mass is 274 g/mol. The maximum atomic E-state index is 12.4. The number of ether oxygens (including phenoxy) is 1. The Kier molecular flexibility index (Phi) is 3.92. The van der Waals surface area contributed by atoms with Gasteiger partial charge in [-0.1, -0.05) is 6.07 Å². The maximum Gasteiger partial charge on any atom is 0.254 e. The summed E-state index contributed by atoms with van der Waals surface area (Å²) in [5, 5.41) is 0. The van der Waals surface area contributed by atoms with Crippen molar-refractivity contribution in [1.82, 2.24) is 4.90 Å². The lowest BCUT2D eigenvalue weighted by molar-refractivity contribution is 0.0790. The Morgan fingerprint density at radius 2 is 2.05 bits per heavy atom. The lowest BCUT2D eigenvalue weighted by Gasteiger charge is -2.17. The van der Waals surface area contributed by atoms with E-state index in [9.17, 15) is 4.79 Å². The largest absolute Gasteiger partial charge is 0.490 e. The van der Waals surface area contributed by atoms with Crippen molar-refractivity contribution in [3.05, 3.63) is 29.8 Å². The first kappa shape index (κ1) is 13.4. The van der Waals surface area contributed by atoms with Crippen LogP contribution >= 0.6 is 0 Å². The van der Waals surface area contributed by atoms with Gasteiger partial charge in [-0.2, -0.15) is 0 Å². The summed E-state index contributed by atoms with van der Waals surface area (Å²) in [5.74, 6) is 0.876. The molecule has 2 N–H and O–H groups in total. The number of nitrogens with zero attached hydrogens (tertiary/aromatic N) is 1. The van der Waals surface area contributed by atoms with Gasteiger partial charge in [0, 0.05) is 24.7 Å². The standard InChI is InChI=1S/C16H22N2O2/c17-13-8-9-18(11-13)16(19)12-4-3-7-15(10-12)20-14-5-1-2-6-14/h3-4,7,10,13-14H,1-2,5-6,8-9,11,17H2/t13-/m1/s1. The molecule has 1 heterocycles. The molecule has 1 aliphatic heterocycles. The number of benzene rings is 1. The molecule has 0 spiro atoms. The number of carbonyl (C=O) groups excluding carboxylic acids is 1. The minimum absolute atomic E-state index is 0.0646. The van der Waals surface area contributed by atoms with Crippen molar-refractivity contribution in [3.8, 4) is 5.75 Å². The van der Waals surface area contributed by atoms with E-state index in [0.29, 0.717) is 18.2 Å². The summed E-state index contributed by atoms with van der Waals surface area (Å²) >= 11 is 0. The van der Waals surface area contributed by atoms with E-state index in [4.69, 9.17) is 10.5 Å². The molecule has 108 valence electrons. The second-order valence-electron chi connectivity index (χ2n) is 5.85. The van der Waals surface area contributed by atoms with E-state index in [1.54, 1.807) is 0 Å². The van der Waals surface area contributed by atoms with E-state index in [1.165, 1.54) is 12.8 Å². The highest BCUT2D eigenvalue weighted by Gasteiger charge is 2.25. The first-order valence-corrected chi connectivity index (χ1v) is 7.54. The van der Waals surface area contributed by atoms with Crippen LogP contribution in [0.1, 0.15) is 42.5 Å². The summed E-state index contributed by atoms with van der Waals surface area (Å²) in [6.07, 6.45) is 5.95. The molecule has 1 atom stereocenters. The fourth-order valence-electron chi connectivity index (χ4n) is 3.06. The fourth-order valence-corrected chi connectivity index (χ4v) is 3.06. The van der Waals surface area contributed by atoms with E-state index >= 15 is 0 Å². The molecule has 1 aromatic rings. The highest BCUT2D eigenvalue weighted by molar-refractivity contribution is 5.94. The minimum Gasteiger partial charge on any atom is -0.490 e. The minimum atomic E-state index is 0.0646. The van der Waals surface area contributed by atoms with E-state index in [1.807, 2.05) is 29.2 Å². The number of rotatable bonds is 3. The number of likely N-dealkylation sites (tertiary alicyclic amines) is 1. The lowest BCUT2D eigenvalue weighted by Crippen LogP contribution is -2.31.